The molecule has 1 aromatic rings. The predicted octanol–water partition coefficient (Wildman–Crippen LogP) is 2.10. The van der Waals surface area contributed by atoms with Gasteiger partial charge >= 0.3 is 6.09 Å². The molecule has 1 amide bonds. The number of aryl methyl sites for hydroxylation is 1. The summed E-state index contributed by atoms with van der Waals surface area (Å²) in [4.78, 5) is 25.2. The summed E-state index contributed by atoms with van der Waals surface area (Å²) in [5.41, 5.74) is 1.12. The fourth-order valence-electron chi connectivity index (χ4n) is 2.80. The van der Waals surface area contributed by atoms with Gasteiger partial charge < -0.3 is 10.0 Å². The number of rotatable bonds is 2. The maximum absolute atomic E-state index is 12.2. The number of nitrogens with zero attached hydrogens (tertiary/aromatic N) is 1. The molecule has 2 heterocycles. The molecule has 0 bridgehead atoms. The van der Waals surface area contributed by atoms with Gasteiger partial charge in [-0.1, -0.05) is 0 Å². The van der Waals surface area contributed by atoms with Crippen LogP contribution in [0.3, 0.4) is 0 Å². The molecule has 1 aliphatic carbocycles. The quantitative estimate of drug-likeness (QED) is 0.819. The number of fused-ring (bicyclic) bond motifs is 1. The van der Waals surface area contributed by atoms with E-state index in [9.17, 15) is 9.59 Å². The number of amides is 1. The molecule has 3 atom stereocenters. The molecule has 1 saturated heterocycles. The molecule has 2 aliphatic rings. The number of hydrogen-bond acceptors (Lipinski definition) is 3. The average Bonchev–Trinajstić information content (AvgIpc) is 2.69. The molecule has 5 heteroatoms. The fourth-order valence-corrected chi connectivity index (χ4v) is 3.68. The zero-order chi connectivity index (χ0) is 12.2. The summed E-state index contributed by atoms with van der Waals surface area (Å²) < 4.78 is 0. The Morgan fingerprint density at radius 1 is 1.41 bits per heavy atom. The van der Waals surface area contributed by atoms with Crippen molar-refractivity contribution in [3.05, 3.63) is 21.9 Å². The first-order valence-corrected chi connectivity index (χ1v) is 6.53. The number of carbonyl (C=O) groups excluding carboxylic acids is 1. The molecule has 1 unspecified atom stereocenters. The smallest absolute Gasteiger partial charge is 0.407 e. The Labute approximate surface area is 103 Å². The van der Waals surface area contributed by atoms with Gasteiger partial charge in [0, 0.05) is 19.0 Å². The zero-order valence-electron chi connectivity index (χ0n) is 9.42. The molecule has 2 fully saturated rings. The van der Waals surface area contributed by atoms with Crippen LogP contribution in [0, 0.1) is 24.7 Å². The summed E-state index contributed by atoms with van der Waals surface area (Å²) in [6, 6.07) is 1.93. The predicted molar refractivity (Wildman–Crippen MR) is 63.5 cm³/mol. The first kappa shape index (κ1) is 10.8. The number of carboxylic acid groups (broad SMARTS) is 1. The van der Waals surface area contributed by atoms with E-state index in [1.54, 1.807) is 0 Å². The van der Waals surface area contributed by atoms with Gasteiger partial charge in [0.1, 0.15) is 0 Å². The van der Waals surface area contributed by atoms with Gasteiger partial charge in [-0.15, -0.1) is 11.3 Å². The van der Waals surface area contributed by atoms with Crippen LogP contribution in [-0.2, 0) is 0 Å². The van der Waals surface area contributed by atoms with Crippen LogP contribution in [0.1, 0.15) is 15.2 Å². The average molecular weight is 251 g/mol. The molecule has 1 saturated carbocycles. The monoisotopic (exact) mass is 251 g/mol. The number of piperidine rings is 1. The van der Waals surface area contributed by atoms with Gasteiger partial charge in [0.15, 0.2) is 5.78 Å². The molecule has 4 nitrogen and oxygen atoms in total. The zero-order valence-corrected chi connectivity index (χ0v) is 10.2. The van der Waals surface area contributed by atoms with Crippen LogP contribution in [0.4, 0.5) is 4.79 Å². The van der Waals surface area contributed by atoms with Crippen molar-refractivity contribution in [1.82, 2.24) is 4.90 Å². The SMILES string of the molecule is Cc1csc(C(=O)C2[C@H]3CN(C(=O)O)C[C@@H]23)c1. The molecule has 90 valence electrons. The summed E-state index contributed by atoms with van der Waals surface area (Å²) in [6.07, 6.45) is -0.865. The van der Waals surface area contributed by atoms with Crippen LogP contribution in [0.25, 0.3) is 0 Å². The van der Waals surface area contributed by atoms with Crippen LogP contribution in [0.5, 0.6) is 0 Å². The lowest BCUT2D eigenvalue weighted by Crippen LogP contribution is -2.30. The summed E-state index contributed by atoms with van der Waals surface area (Å²) in [5.74, 6) is 0.814. The normalized spacial score (nSPS) is 30.2. The Morgan fingerprint density at radius 2 is 2.06 bits per heavy atom. The van der Waals surface area contributed by atoms with Crippen LogP contribution < -0.4 is 0 Å². The highest BCUT2D eigenvalue weighted by molar-refractivity contribution is 7.12. The maximum Gasteiger partial charge on any atom is 0.407 e. The van der Waals surface area contributed by atoms with E-state index in [-0.39, 0.29) is 23.5 Å². The molecule has 0 aromatic carbocycles. The molecule has 17 heavy (non-hydrogen) atoms. The topological polar surface area (TPSA) is 57.6 Å². The standard InChI is InChI=1S/C12H13NO3S/c1-6-2-9(17-5-6)11(14)10-7-3-13(12(15)16)4-8(7)10/h2,5,7-8,10H,3-4H2,1H3,(H,15,16)/t7-,8+,10?. The highest BCUT2D eigenvalue weighted by Crippen LogP contribution is 2.53. The molecular formula is C12H13NO3S. The Hall–Kier alpha value is -1.36. The minimum atomic E-state index is -0.865. The number of likely N-dealkylation sites (tertiary alicyclic amines) is 1. The van der Waals surface area contributed by atoms with E-state index in [0.29, 0.717) is 13.1 Å². The Morgan fingerprint density at radius 3 is 2.53 bits per heavy atom. The van der Waals surface area contributed by atoms with Crippen molar-refractivity contribution in [1.29, 1.82) is 0 Å². The van der Waals surface area contributed by atoms with Crippen LogP contribution >= 0.6 is 11.3 Å². The maximum atomic E-state index is 12.2. The molecule has 0 spiro atoms. The molecule has 1 aliphatic heterocycles. The van der Waals surface area contributed by atoms with Crippen molar-refractivity contribution in [2.24, 2.45) is 17.8 Å². The minimum absolute atomic E-state index is 0.0728. The number of Topliss-reactive ketones (excluding diaryl/α,β-unsaturated/α-hetero) is 1. The fraction of sp³-hybridized carbons (Fsp3) is 0.500. The van der Waals surface area contributed by atoms with E-state index in [2.05, 4.69) is 0 Å². The van der Waals surface area contributed by atoms with E-state index in [4.69, 9.17) is 5.11 Å². The van der Waals surface area contributed by atoms with Crippen molar-refractivity contribution in [3.63, 3.8) is 0 Å². The van der Waals surface area contributed by atoms with E-state index in [1.165, 1.54) is 16.2 Å². The second-order valence-corrected chi connectivity index (χ2v) is 5.80. The van der Waals surface area contributed by atoms with Gasteiger partial charge in [0.25, 0.3) is 0 Å². The lowest BCUT2D eigenvalue weighted by molar-refractivity contribution is 0.0938. The molecule has 1 N–H and O–H groups in total. The highest BCUT2D eigenvalue weighted by Gasteiger charge is 2.60. The summed E-state index contributed by atoms with van der Waals surface area (Å²) in [7, 11) is 0. The molecular weight excluding hydrogens is 238 g/mol. The Balaban J connectivity index is 1.67. The number of hydrogen-bond donors (Lipinski definition) is 1. The first-order chi connectivity index (χ1) is 8.08. The van der Waals surface area contributed by atoms with Crippen LogP contribution in [0.15, 0.2) is 11.4 Å². The van der Waals surface area contributed by atoms with Crippen LogP contribution in [0.2, 0.25) is 0 Å². The Bertz CT molecular complexity index is 484. The van der Waals surface area contributed by atoms with Gasteiger partial charge in [0.2, 0.25) is 0 Å². The van der Waals surface area contributed by atoms with Gasteiger partial charge in [-0.05, 0) is 35.8 Å². The number of carbonyl (C=O) groups is 2. The highest BCUT2D eigenvalue weighted by atomic mass is 32.1. The van der Waals surface area contributed by atoms with Gasteiger partial charge in [-0.2, -0.15) is 0 Å². The summed E-state index contributed by atoms with van der Waals surface area (Å²) >= 11 is 1.49. The third kappa shape index (κ3) is 1.65. The van der Waals surface area contributed by atoms with E-state index in [1.807, 2.05) is 18.4 Å². The summed E-state index contributed by atoms with van der Waals surface area (Å²) in [5, 5.41) is 10.8. The van der Waals surface area contributed by atoms with Gasteiger partial charge in [-0.25, -0.2) is 4.79 Å². The third-order valence-corrected chi connectivity index (χ3v) is 4.80. The molecule has 3 rings (SSSR count). The lowest BCUT2D eigenvalue weighted by Gasteiger charge is -2.14. The van der Waals surface area contributed by atoms with Gasteiger partial charge in [0.05, 0.1) is 4.88 Å². The number of thiophene rings is 1. The van der Waals surface area contributed by atoms with E-state index < -0.39 is 6.09 Å². The second-order valence-electron chi connectivity index (χ2n) is 4.89. The van der Waals surface area contributed by atoms with Crippen molar-refractivity contribution in [2.75, 3.05) is 13.1 Å². The lowest BCUT2D eigenvalue weighted by atomic mass is 10.1. The van der Waals surface area contributed by atoms with E-state index >= 15 is 0 Å². The van der Waals surface area contributed by atoms with Crippen molar-refractivity contribution in [2.45, 2.75) is 6.92 Å². The van der Waals surface area contributed by atoms with Crippen molar-refractivity contribution in [3.8, 4) is 0 Å². The molecule has 0 radical (unpaired) electrons. The first-order valence-electron chi connectivity index (χ1n) is 5.65. The summed E-state index contributed by atoms with van der Waals surface area (Å²) in [6.45, 7) is 3.04. The number of ketones is 1. The second kappa shape index (κ2) is 3.57. The van der Waals surface area contributed by atoms with Crippen molar-refractivity contribution >= 4 is 23.2 Å². The van der Waals surface area contributed by atoms with Crippen LogP contribution in [-0.4, -0.2) is 35.0 Å². The third-order valence-electron chi connectivity index (χ3n) is 3.74. The van der Waals surface area contributed by atoms with E-state index in [0.717, 1.165) is 10.4 Å². The Kier molecular flexibility index (Phi) is 2.26. The molecule has 1 aromatic heterocycles. The largest absolute Gasteiger partial charge is 0.465 e. The van der Waals surface area contributed by atoms with Crippen molar-refractivity contribution < 1.29 is 14.7 Å². The van der Waals surface area contributed by atoms with Gasteiger partial charge in [-0.3, -0.25) is 4.79 Å². The minimum Gasteiger partial charge on any atom is -0.465 e.